The standard InChI is InChI=1S/C15H22N2O2S/c1-12(13-4-10-20-11-13)16-5-7-17(8-6-16)15(18)14-3-2-9-19-14/h4,10-12,14H,2-3,5-9H2,1H3/t12-,14-/m1/s1. The summed E-state index contributed by atoms with van der Waals surface area (Å²) in [5, 5.41) is 4.34. The maximum atomic E-state index is 12.3. The molecule has 0 spiro atoms. The lowest BCUT2D eigenvalue weighted by molar-refractivity contribution is -0.143. The van der Waals surface area contributed by atoms with E-state index < -0.39 is 0 Å². The highest BCUT2D eigenvalue weighted by Crippen LogP contribution is 2.24. The zero-order valence-electron chi connectivity index (χ0n) is 12.0. The third kappa shape index (κ3) is 2.90. The summed E-state index contributed by atoms with van der Waals surface area (Å²) in [7, 11) is 0. The highest BCUT2D eigenvalue weighted by molar-refractivity contribution is 7.07. The first-order chi connectivity index (χ1) is 9.75. The lowest BCUT2D eigenvalue weighted by Crippen LogP contribution is -2.51. The molecule has 0 aromatic carbocycles. The molecule has 2 fully saturated rings. The van der Waals surface area contributed by atoms with Gasteiger partial charge >= 0.3 is 0 Å². The van der Waals surface area contributed by atoms with Crippen molar-refractivity contribution in [3.63, 3.8) is 0 Å². The van der Waals surface area contributed by atoms with Crippen LogP contribution < -0.4 is 0 Å². The number of hydrogen-bond acceptors (Lipinski definition) is 4. The molecule has 0 N–H and O–H groups in total. The van der Waals surface area contributed by atoms with E-state index in [4.69, 9.17) is 4.74 Å². The molecule has 0 radical (unpaired) electrons. The molecule has 1 amide bonds. The molecule has 0 aliphatic carbocycles. The molecule has 110 valence electrons. The lowest BCUT2D eigenvalue weighted by atomic mass is 10.1. The molecule has 3 heterocycles. The highest BCUT2D eigenvalue weighted by atomic mass is 32.1. The molecule has 2 saturated heterocycles. The molecule has 0 saturated carbocycles. The fraction of sp³-hybridized carbons (Fsp3) is 0.667. The van der Waals surface area contributed by atoms with Crippen LogP contribution in [-0.4, -0.2) is 54.6 Å². The Morgan fingerprint density at radius 1 is 1.40 bits per heavy atom. The van der Waals surface area contributed by atoms with E-state index >= 15 is 0 Å². The van der Waals surface area contributed by atoms with Crippen LogP contribution in [0.2, 0.25) is 0 Å². The van der Waals surface area contributed by atoms with Crippen LogP contribution >= 0.6 is 11.3 Å². The fourth-order valence-electron chi connectivity index (χ4n) is 3.03. The van der Waals surface area contributed by atoms with Gasteiger partial charge in [-0.15, -0.1) is 0 Å². The third-order valence-electron chi connectivity index (χ3n) is 4.40. The van der Waals surface area contributed by atoms with Gasteiger partial charge < -0.3 is 9.64 Å². The molecule has 4 nitrogen and oxygen atoms in total. The average molecular weight is 294 g/mol. The van der Waals surface area contributed by atoms with Crippen LogP contribution in [0.15, 0.2) is 16.8 Å². The van der Waals surface area contributed by atoms with Gasteiger partial charge in [0.05, 0.1) is 0 Å². The van der Waals surface area contributed by atoms with Gasteiger partial charge in [0.1, 0.15) is 6.10 Å². The smallest absolute Gasteiger partial charge is 0.251 e. The van der Waals surface area contributed by atoms with Crippen molar-refractivity contribution < 1.29 is 9.53 Å². The summed E-state index contributed by atoms with van der Waals surface area (Å²) >= 11 is 1.75. The number of hydrogen-bond donors (Lipinski definition) is 0. The summed E-state index contributed by atoms with van der Waals surface area (Å²) in [5.41, 5.74) is 1.38. The topological polar surface area (TPSA) is 32.8 Å². The Balaban J connectivity index is 1.53. The molecule has 3 rings (SSSR count). The highest BCUT2D eigenvalue weighted by Gasteiger charge is 2.31. The van der Waals surface area contributed by atoms with E-state index in [0.717, 1.165) is 45.6 Å². The molecule has 1 aromatic rings. The summed E-state index contributed by atoms with van der Waals surface area (Å²) in [5.74, 6) is 0.199. The summed E-state index contributed by atoms with van der Waals surface area (Å²) < 4.78 is 5.50. The largest absolute Gasteiger partial charge is 0.368 e. The third-order valence-corrected chi connectivity index (χ3v) is 5.11. The maximum Gasteiger partial charge on any atom is 0.251 e. The second kappa shape index (κ2) is 6.24. The molecule has 5 heteroatoms. The number of ether oxygens (including phenoxy) is 1. The van der Waals surface area contributed by atoms with Crippen LogP contribution in [0.4, 0.5) is 0 Å². The number of piperazine rings is 1. The van der Waals surface area contributed by atoms with Crippen molar-refractivity contribution in [3.8, 4) is 0 Å². The molecular weight excluding hydrogens is 272 g/mol. The second-order valence-electron chi connectivity index (χ2n) is 5.60. The maximum absolute atomic E-state index is 12.3. The van der Waals surface area contributed by atoms with E-state index in [2.05, 4.69) is 28.7 Å². The van der Waals surface area contributed by atoms with Crippen molar-refractivity contribution >= 4 is 17.2 Å². The van der Waals surface area contributed by atoms with Gasteiger partial charge in [-0.05, 0) is 42.2 Å². The Labute approximate surface area is 124 Å². The predicted molar refractivity (Wildman–Crippen MR) is 79.9 cm³/mol. The number of amides is 1. The first kappa shape index (κ1) is 14.0. The van der Waals surface area contributed by atoms with Crippen LogP contribution in [0, 0.1) is 0 Å². The number of rotatable bonds is 3. The van der Waals surface area contributed by atoms with Crippen LogP contribution in [0.3, 0.4) is 0 Å². The average Bonchev–Trinajstić information content (AvgIpc) is 3.18. The number of thiophene rings is 1. The molecular formula is C15H22N2O2S. The summed E-state index contributed by atoms with van der Waals surface area (Å²) in [4.78, 5) is 16.7. The molecule has 2 atom stereocenters. The van der Waals surface area contributed by atoms with Gasteiger partial charge in [-0.2, -0.15) is 11.3 Å². The Kier molecular flexibility index (Phi) is 4.38. The van der Waals surface area contributed by atoms with E-state index in [9.17, 15) is 4.79 Å². The first-order valence-corrected chi connectivity index (χ1v) is 8.36. The quantitative estimate of drug-likeness (QED) is 0.856. The molecule has 1 aromatic heterocycles. The van der Waals surface area contributed by atoms with E-state index in [1.807, 2.05) is 4.90 Å². The minimum atomic E-state index is -0.171. The second-order valence-corrected chi connectivity index (χ2v) is 6.38. The number of carbonyl (C=O) groups is 1. The zero-order chi connectivity index (χ0) is 13.9. The molecule has 0 unspecified atom stereocenters. The Morgan fingerprint density at radius 2 is 2.20 bits per heavy atom. The van der Waals surface area contributed by atoms with E-state index in [-0.39, 0.29) is 12.0 Å². The van der Waals surface area contributed by atoms with Crippen LogP contribution in [0.5, 0.6) is 0 Å². The van der Waals surface area contributed by atoms with Gasteiger partial charge in [-0.3, -0.25) is 9.69 Å². The van der Waals surface area contributed by atoms with Crippen molar-refractivity contribution in [3.05, 3.63) is 22.4 Å². The lowest BCUT2D eigenvalue weighted by Gasteiger charge is -2.38. The minimum Gasteiger partial charge on any atom is -0.368 e. The molecule has 2 aliphatic rings. The SMILES string of the molecule is C[C@H](c1ccsc1)N1CCN(C(=O)[C@H]2CCCO2)CC1. The van der Waals surface area contributed by atoms with E-state index in [0.29, 0.717) is 6.04 Å². The minimum absolute atomic E-state index is 0.171. The Hall–Kier alpha value is -0.910. The van der Waals surface area contributed by atoms with E-state index in [1.54, 1.807) is 11.3 Å². The Bertz CT molecular complexity index is 435. The molecule has 20 heavy (non-hydrogen) atoms. The number of nitrogens with zero attached hydrogens (tertiary/aromatic N) is 2. The first-order valence-electron chi connectivity index (χ1n) is 7.42. The van der Waals surface area contributed by atoms with Crippen molar-refractivity contribution in [2.24, 2.45) is 0 Å². The normalized spacial score (nSPS) is 25.9. The fourth-order valence-corrected chi connectivity index (χ4v) is 3.78. The van der Waals surface area contributed by atoms with Gasteiger partial charge in [0, 0.05) is 38.8 Å². The van der Waals surface area contributed by atoms with Gasteiger partial charge in [-0.25, -0.2) is 0 Å². The van der Waals surface area contributed by atoms with Crippen LogP contribution in [0.25, 0.3) is 0 Å². The van der Waals surface area contributed by atoms with Crippen molar-refractivity contribution in [2.75, 3.05) is 32.8 Å². The van der Waals surface area contributed by atoms with Gasteiger partial charge in [-0.1, -0.05) is 0 Å². The molecule has 0 bridgehead atoms. The summed E-state index contributed by atoms with van der Waals surface area (Å²) in [6.07, 6.45) is 1.74. The van der Waals surface area contributed by atoms with Crippen LogP contribution in [-0.2, 0) is 9.53 Å². The van der Waals surface area contributed by atoms with Gasteiger partial charge in [0.2, 0.25) is 0 Å². The van der Waals surface area contributed by atoms with Crippen molar-refractivity contribution in [1.82, 2.24) is 9.80 Å². The van der Waals surface area contributed by atoms with Crippen molar-refractivity contribution in [1.29, 1.82) is 0 Å². The summed E-state index contributed by atoms with van der Waals surface area (Å²) in [6, 6.07) is 2.64. The van der Waals surface area contributed by atoms with E-state index in [1.165, 1.54) is 5.56 Å². The van der Waals surface area contributed by atoms with Gasteiger partial charge in [0.15, 0.2) is 0 Å². The van der Waals surface area contributed by atoms with Gasteiger partial charge in [0.25, 0.3) is 5.91 Å². The Morgan fingerprint density at radius 3 is 2.80 bits per heavy atom. The van der Waals surface area contributed by atoms with Crippen molar-refractivity contribution in [2.45, 2.75) is 31.9 Å². The zero-order valence-corrected chi connectivity index (χ0v) is 12.8. The predicted octanol–water partition coefficient (Wildman–Crippen LogP) is 2.13. The van der Waals surface area contributed by atoms with Crippen LogP contribution in [0.1, 0.15) is 31.4 Å². The number of carbonyl (C=O) groups excluding carboxylic acids is 1. The molecule has 2 aliphatic heterocycles. The monoisotopic (exact) mass is 294 g/mol. The summed E-state index contributed by atoms with van der Waals surface area (Å²) in [6.45, 7) is 6.55.